The predicted octanol–water partition coefficient (Wildman–Crippen LogP) is 0.713. The highest BCUT2D eigenvalue weighted by atomic mass is 32.2. The van der Waals surface area contributed by atoms with Gasteiger partial charge in [-0.15, -0.1) is 0 Å². The molecule has 0 amide bonds. The van der Waals surface area contributed by atoms with E-state index in [1.165, 1.54) is 12.1 Å². The van der Waals surface area contributed by atoms with Crippen LogP contribution >= 0.6 is 0 Å². The Morgan fingerprint density at radius 2 is 2.17 bits per heavy atom. The van der Waals surface area contributed by atoms with Gasteiger partial charge in [-0.1, -0.05) is 0 Å². The third-order valence-corrected chi connectivity index (χ3v) is 3.02. The number of esters is 1. The molecule has 1 aromatic carbocycles. The molecule has 1 rings (SSSR count). The molecule has 8 heteroatoms. The van der Waals surface area contributed by atoms with Crippen molar-refractivity contribution in [2.24, 2.45) is 0 Å². The molecule has 0 aliphatic carbocycles. The van der Waals surface area contributed by atoms with Gasteiger partial charge in [0.25, 0.3) is 0 Å². The Morgan fingerprint density at radius 3 is 2.72 bits per heavy atom. The molecule has 0 spiro atoms. The van der Waals surface area contributed by atoms with Crippen molar-refractivity contribution in [2.75, 3.05) is 22.8 Å². The Bertz CT molecular complexity index is 545. The number of carbonyl (C=O) groups is 1. The van der Waals surface area contributed by atoms with Gasteiger partial charge < -0.3 is 10.5 Å². The predicted molar refractivity (Wildman–Crippen MR) is 64.9 cm³/mol. The largest absolute Gasteiger partial charge is 0.465 e. The molecule has 100 valence electrons. The van der Waals surface area contributed by atoms with Crippen LogP contribution in [-0.2, 0) is 19.6 Å². The maximum atomic E-state index is 13.3. The number of rotatable bonds is 5. The van der Waals surface area contributed by atoms with Crippen molar-refractivity contribution >= 4 is 27.4 Å². The molecule has 3 N–H and O–H groups in total. The number of hydrogen-bond acceptors (Lipinski definition) is 5. The van der Waals surface area contributed by atoms with E-state index in [-0.39, 0.29) is 18.0 Å². The van der Waals surface area contributed by atoms with E-state index in [0.717, 1.165) is 6.07 Å². The maximum absolute atomic E-state index is 13.3. The first-order valence-electron chi connectivity index (χ1n) is 5.05. The summed E-state index contributed by atoms with van der Waals surface area (Å²) < 4.78 is 42.8. The van der Waals surface area contributed by atoms with Crippen LogP contribution in [-0.4, -0.2) is 26.7 Å². The van der Waals surface area contributed by atoms with Crippen LogP contribution in [0.2, 0.25) is 0 Å². The van der Waals surface area contributed by atoms with Crippen LogP contribution in [0.25, 0.3) is 0 Å². The molecule has 6 nitrogen and oxygen atoms in total. The third kappa shape index (κ3) is 4.21. The van der Waals surface area contributed by atoms with Crippen molar-refractivity contribution in [3.8, 4) is 0 Å². The highest BCUT2D eigenvalue weighted by Gasteiger charge is 2.18. The fraction of sp³-hybridized carbons (Fsp3) is 0.300. The van der Waals surface area contributed by atoms with E-state index in [9.17, 15) is 17.6 Å². The van der Waals surface area contributed by atoms with E-state index < -0.39 is 27.6 Å². The number of carbonyl (C=O) groups excluding carboxylic acids is 1. The average Bonchev–Trinajstić information content (AvgIpc) is 2.21. The van der Waals surface area contributed by atoms with Gasteiger partial charge in [-0.3, -0.25) is 9.52 Å². The molecule has 0 aliphatic rings. The molecule has 0 saturated carbocycles. The Morgan fingerprint density at radius 1 is 1.50 bits per heavy atom. The van der Waals surface area contributed by atoms with E-state index in [1.807, 2.05) is 4.72 Å². The van der Waals surface area contributed by atoms with Crippen molar-refractivity contribution < 1.29 is 22.3 Å². The van der Waals surface area contributed by atoms with Gasteiger partial charge in [-0.05, 0) is 25.1 Å². The number of halogens is 1. The molecule has 0 saturated heterocycles. The molecule has 0 radical (unpaired) electrons. The van der Waals surface area contributed by atoms with Crippen LogP contribution in [0, 0.1) is 5.82 Å². The van der Waals surface area contributed by atoms with Crippen molar-refractivity contribution in [3.05, 3.63) is 24.0 Å². The number of nitrogens with two attached hydrogens (primary N) is 1. The average molecular weight is 276 g/mol. The number of hydrogen-bond donors (Lipinski definition) is 2. The SMILES string of the molecule is CCOC(=O)CS(=O)(=O)Nc1ccc(N)cc1F. The first-order valence-corrected chi connectivity index (χ1v) is 6.70. The molecule has 0 unspecified atom stereocenters. The van der Waals surface area contributed by atoms with Crippen LogP contribution in [0.3, 0.4) is 0 Å². The number of benzene rings is 1. The Hall–Kier alpha value is -1.83. The molecule has 0 aliphatic heterocycles. The fourth-order valence-corrected chi connectivity index (χ4v) is 2.14. The van der Waals surface area contributed by atoms with Crippen molar-refractivity contribution in [1.29, 1.82) is 0 Å². The summed E-state index contributed by atoms with van der Waals surface area (Å²) >= 11 is 0. The summed E-state index contributed by atoms with van der Waals surface area (Å²) in [5.41, 5.74) is 5.22. The molecular weight excluding hydrogens is 263 g/mol. The standard InChI is InChI=1S/C10H13FN2O4S/c1-2-17-10(14)6-18(15,16)13-9-4-3-7(12)5-8(9)11/h3-5,13H,2,6,12H2,1H3. The molecule has 0 fully saturated rings. The minimum Gasteiger partial charge on any atom is -0.465 e. The summed E-state index contributed by atoms with van der Waals surface area (Å²) in [6.07, 6.45) is 0. The molecule has 1 aromatic rings. The second kappa shape index (κ2) is 5.67. The van der Waals surface area contributed by atoms with Crippen LogP contribution in [0.1, 0.15) is 6.92 Å². The minimum absolute atomic E-state index is 0.0740. The zero-order chi connectivity index (χ0) is 13.8. The monoisotopic (exact) mass is 276 g/mol. The Labute approximate surface area is 104 Å². The van der Waals surface area contributed by atoms with Gasteiger partial charge in [-0.25, -0.2) is 12.8 Å². The summed E-state index contributed by atoms with van der Waals surface area (Å²) in [5, 5.41) is 0. The second-order valence-corrected chi connectivity index (χ2v) is 5.13. The zero-order valence-corrected chi connectivity index (χ0v) is 10.5. The lowest BCUT2D eigenvalue weighted by Gasteiger charge is -2.08. The lowest BCUT2D eigenvalue weighted by Crippen LogP contribution is -2.24. The maximum Gasteiger partial charge on any atom is 0.323 e. The van der Waals surface area contributed by atoms with Crippen molar-refractivity contribution in [2.45, 2.75) is 6.92 Å². The van der Waals surface area contributed by atoms with E-state index >= 15 is 0 Å². The summed E-state index contributed by atoms with van der Waals surface area (Å²) in [5.74, 6) is -2.59. The van der Waals surface area contributed by atoms with Gasteiger partial charge in [-0.2, -0.15) is 0 Å². The number of ether oxygens (including phenoxy) is 1. The van der Waals surface area contributed by atoms with E-state index in [2.05, 4.69) is 4.74 Å². The van der Waals surface area contributed by atoms with Gasteiger partial charge >= 0.3 is 5.97 Å². The number of nitrogen functional groups attached to an aromatic ring is 1. The van der Waals surface area contributed by atoms with E-state index in [0.29, 0.717) is 0 Å². The topological polar surface area (TPSA) is 98.5 Å². The Balaban J connectivity index is 2.79. The van der Waals surface area contributed by atoms with Crippen LogP contribution in [0.15, 0.2) is 18.2 Å². The highest BCUT2D eigenvalue weighted by Crippen LogP contribution is 2.18. The zero-order valence-electron chi connectivity index (χ0n) is 9.64. The van der Waals surface area contributed by atoms with Crippen LogP contribution in [0.5, 0.6) is 0 Å². The minimum atomic E-state index is -4.00. The van der Waals surface area contributed by atoms with Crippen molar-refractivity contribution in [3.63, 3.8) is 0 Å². The lowest BCUT2D eigenvalue weighted by atomic mass is 10.3. The van der Waals surface area contributed by atoms with Gasteiger partial charge in [0.05, 0.1) is 12.3 Å². The number of sulfonamides is 1. The summed E-state index contributed by atoms with van der Waals surface area (Å²) in [6, 6.07) is 3.49. The van der Waals surface area contributed by atoms with Crippen LogP contribution < -0.4 is 10.5 Å². The van der Waals surface area contributed by atoms with Gasteiger partial charge in [0, 0.05) is 5.69 Å². The summed E-state index contributed by atoms with van der Waals surface area (Å²) in [4.78, 5) is 11.0. The first kappa shape index (κ1) is 14.2. The summed E-state index contributed by atoms with van der Waals surface area (Å²) in [7, 11) is -4.00. The quantitative estimate of drug-likeness (QED) is 0.609. The molecule has 18 heavy (non-hydrogen) atoms. The molecule has 0 atom stereocenters. The normalized spacial score (nSPS) is 11.0. The van der Waals surface area contributed by atoms with Gasteiger partial charge in [0.1, 0.15) is 5.82 Å². The third-order valence-electron chi connectivity index (χ3n) is 1.87. The Kier molecular flexibility index (Phi) is 4.49. The lowest BCUT2D eigenvalue weighted by molar-refractivity contribution is -0.139. The molecule has 0 bridgehead atoms. The highest BCUT2D eigenvalue weighted by molar-refractivity contribution is 7.93. The second-order valence-electron chi connectivity index (χ2n) is 3.41. The van der Waals surface area contributed by atoms with Crippen molar-refractivity contribution in [1.82, 2.24) is 0 Å². The van der Waals surface area contributed by atoms with Crippen LogP contribution in [0.4, 0.5) is 15.8 Å². The number of anilines is 2. The first-order chi connectivity index (χ1) is 8.34. The fourth-order valence-electron chi connectivity index (χ4n) is 1.18. The van der Waals surface area contributed by atoms with E-state index in [4.69, 9.17) is 5.73 Å². The summed E-state index contributed by atoms with van der Waals surface area (Å²) in [6.45, 7) is 1.63. The molecule has 0 heterocycles. The molecular formula is C10H13FN2O4S. The smallest absolute Gasteiger partial charge is 0.323 e. The van der Waals surface area contributed by atoms with Gasteiger partial charge in [0.15, 0.2) is 5.75 Å². The van der Waals surface area contributed by atoms with E-state index in [1.54, 1.807) is 6.92 Å². The molecule has 0 aromatic heterocycles. The van der Waals surface area contributed by atoms with Gasteiger partial charge in [0.2, 0.25) is 10.0 Å². The number of nitrogens with one attached hydrogen (secondary N) is 1.